The Kier molecular flexibility index (Phi) is 4.05. The lowest BCUT2D eigenvalue weighted by atomic mass is 10.0. The van der Waals surface area contributed by atoms with Gasteiger partial charge in [-0.25, -0.2) is 5.43 Å². The van der Waals surface area contributed by atoms with E-state index in [9.17, 15) is 4.79 Å². The summed E-state index contributed by atoms with van der Waals surface area (Å²) in [5.41, 5.74) is 6.84. The Morgan fingerprint density at radius 3 is 2.87 bits per heavy atom. The highest BCUT2D eigenvalue weighted by atomic mass is 16.3. The molecule has 116 valence electrons. The summed E-state index contributed by atoms with van der Waals surface area (Å²) >= 11 is 0. The molecule has 6 nitrogen and oxygen atoms in total. The molecule has 0 radical (unpaired) electrons. The number of carbonyl (C=O) groups is 1. The number of aromatic nitrogens is 2. The average Bonchev–Trinajstić information content (AvgIpc) is 3.21. The summed E-state index contributed by atoms with van der Waals surface area (Å²) in [5, 5.41) is 10.7. The number of aromatic amines is 1. The van der Waals surface area contributed by atoms with Crippen molar-refractivity contribution in [2.45, 2.75) is 13.8 Å². The van der Waals surface area contributed by atoms with Crippen molar-refractivity contribution in [3.05, 3.63) is 65.2 Å². The van der Waals surface area contributed by atoms with Gasteiger partial charge in [0.15, 0.2) is 0 Å². The van der Waals surface area contributed by atoms with Gasteiger partial charge in [0.25, 0.3) is 5.91 Å². The number of aryl methyl sites for hydroxylation is 2. The van der Waals surface area contributed by atoms with E-state index in [0.717, 1.165) is 5.56 Å². The molecular formula is C17H16N4O2. The molecule has 0 aliphatic rings. The molecule has 23 heavy (non-hydrogen) atoms. The van der Waals surface area contributed by atoms with Gasteiger partial charge >= 0.3 is 0 Å². The highest BCUT2D eigenvalue weighted by Crippen LogP contribution is 2.20. The van der Waals surface area contributed by atoms with Gasteiger partial charge in [-0.05, 0) is 49.2 Å². The second-order valence-corrected chi connectivity index (χ2v) is 5.18. The summed E-state index contributed by atoms with van der Waals surface area (Å²) in [6, 6.07) is 11.2. The second kappa shape index (κ2) is 6.31. The first-order valence-electron chi connectivity index (χ1n) is 7.13. The van der Waals surface area contributed by atoms with E-state index in [2.05, 4.69) is 27.6 Å². The molecule has 0 atom stereocenters. The molecule has 1 aromatic carbocycles. The van der Waals surface area contributed by atoms with Crippen molar-refractivity contribution in [3.63, 3.8) is 0 Å². The lowest BCUT2D eigenvalue weighted by Gasteiger charge is -2.01. The van der Waals surface area contributed by atoms with Crippen molar-refractivity contribution in [1.29, 1.82) is 0 Å². The van der Waals surface area contributed by atoms with Gasteiger partial charge in [-0.2, -0.15) is 10.2 Å². The maximum absolute atomic E-state index is 12.0. The summed E-state index contributed by atoms with van der Waals surface area (Å²) in [6.45, 7) is 4.10. The van der Waals surface area contributed by atoms with Crippen LogP contribution in [0.15, 0.2) is 52.2 Å². The molecule has 0 saturated carbocycles. The third-order valence-corrected chi connectivity index (χ3v) is 3.53. The molecule has 6 heteroatoms. The van der Waals surface area contributed by atoms with Crippen molar-refractivity contribution in [1.82, 2.24) is 15.6 Å². The van der Waals surface area contributed by atoms with Crippen LogP contribution < -0.4 is 5.43 Å². The van der Waals surface area contributed by atoms with Crippen LogP contribution in [0, 0.1) is 13.8 Å². The molecule has 0 spiro atoms. The summed E-state index contributed by atoms with van der Waals surface area (Å²) in [6.07, 6.45) is 2.96. The molecule has 2 aromatic heterocycles. The summed E-state index contributed by atoms with van der Waals surface area (Å²) in [5.74, 6) is 0.195. The molecule has 0 saturated heterocycles. The second-order valence-electron chi connectivity index (χ2n) is 5.18. The average molecular weight is 308 g/mol. The molecule has 0 aliphatic carbocycles. The summed E-state index contributed by atoms with van der Waals surface area (Å²) < 4.78 is 5.08. The number of nitrogens with one attached hydrogen (secondary N) is 2. The Morgan fingerprint density at radius 1 is 1.26 bits per heavy atom. The molecule has 2 N–H and O–H groups in total. The van der Waals surface area contributed by atoms with Crippen molar-refractivity contribution in [2.24, 2.45) is 5.10 Å². The van der Waals surface area contributed by atoms with Crippen LogP contribution in [0.4, 0.5) is 0 Å². The fourth-order valence-electron chi connectivity index (χ4n) is 2.07. The Morgan fingerprint density at radius 2 is 2.13 bits per heavy atom. The summed E-state index contributed by atoms with van der Waals surface area (Å²) in [4.78, 5) is 12.0. The number of hydrazone groups is 1. The van der Waals surface area contributed by atoms with Gasteiger partial charge in [-0.15, -0.1) is 0 Å². The van der Waals surface area contributed by atoms with E-state index in [1.165, 1.54) is 23.6 Å². The van der Waals surface area contributed by atoms with Gasteiger partial charge in [-0.1, -0.05) is 12.1 Å². The van der Waals surface area contributed by atoms with E-state index in [-0.39, 0.29) is 5.91 Å². The quantitative estimate of drug-likeness (QED) is 0.574. The van der Waals surface area contributed by atoms with E-state index in [1.807, 2.05) is 25.1 Å². The van der Waals surface area contributed by atoms with Crippen LogP contribution in [-0.4, -0.2) is 22.3 Å². The number of H-pyrrole nitrogens is 1. The monoisotopic (exact) mass is 308 g/mol. The first kappa shape index (κ1) is 14.8. The Balaban J connectivity index is 1.70. The van der Waals surface area contributed by atoms with Crippen LogP contribution in [0.3, 0.4) is 0 Å². The molecular weight excluding hydrogens is 292 g/mol. The van der Waals surface area contributed by atoms with Crippen LogP contribution in [-0.2, 0) is 0 Å². The van der Waals surface area contributed by atoms with E-state index in [1.54, 1.807) is 18.2 Å². The smallest absolute Gasteiger partial charge is 0.289 e. The highest BCUT2D eigenvalue weighted by Gasteiger charge is 2.10. The van der Waals surface area contributed by atoms with Gasteiger partial charge in [0, 0.05) is 5.56 Å². The van der Waals surface area contributed by atoms with Gasteiger partial charge in [0.1, 0.15) is 11.5 Å². The van der Waals surface area contributed by atoms with Gasteiger partial charge in [0.2, 0.25) is 0 Å². The van der Waals surface area contributed by atoms with Crippen LogP contribution in [0.25, 0.3) is 11.3 Å². The number of benzene rings is 1. The number of amides is 1. The number of rotatable bonds is 4. The van der Waals surface area contributed by atoms with E-state index < -0.39 is 0 Å². The third-order valence-electron chi connectivity index (χ3n) is 3.53. The molecule has 0 bridgehead atoms. The van der Waals surface area contributed by atoms with Crippen molar-refractivity contribution in [3.8, 4) is 11.3 Å². The molecule has 3 rings (SSSR count). The molecule has 2 heterocycles. The van der Waals surface area contributed by atoms with Gasteiger partial charge in [0.05, 0.1) is 18.2 Å². The van der Waals surface area contributed by atoms with E-state index >= 15 is 0 Å². The number of furan rings is 1. The molecule has 1 amide bonds. The number of nitrogens with zero attached hydrogens (tertiary/aromatic N) is 2. The van der Waals surface area contributed by atoms with E-state index in [0.29, 0.717) is 17.1 Å². The van der Waals surface area contributed by atoms with Gasteiger partial charge < -0.3 is 4.42 Å². The van der Waals surface area contributed by atoms with Crippen molar-refractivity contribution in [2.75, 3.05) is 0 Å². The first-order chi connectivity index (χ1) is 11.1. The van der Waals surface area contributed by atoms with Crippen molar-refractivity contribution < 1.29 is 9.21 Å². The SMILES string of the molecule is Cc1ccc(-c2cc(C(=O)NN=Cc3ccco3)[nH]n2)cc1C. The van der Waals surface area contributed by atoms with Crippen molar-refractivity contribution >= 4 is 12.1 Å². The Hall–Kier alpha value is -3.15. The fraction of sp³-hybridized carbons (Fsp3) is 0.118. The lowest BCUT2D eigenvalue weighted by molar-refractivity contribution is 0.0950. The predicted octanol–water partition coefficient (Wildman–Crippen LogP) is 3.05. The highest BCUT2D eigenvalue weighted by molar-refractivity contribution is 5.93. The largest absolute Gasteiger partial charge is 0.463 e. The van der Waals surface area contributed by atoms with E-state index in [4.69, 9.17) is 4.42 Å². The lowest BCUT2D eigenvalue weighted by Crippen LogP contribution is -2.17. The number of hydrogen-bond donors (Lipinski definition) is 2. The Bertz CT molecular complexity index is 847. The summed E-state index contributed by atoms with van der Waals surface area (Å²) in [7, 11) is 0. The van der Waals surface area contributed by atoms with Crippen LogP contribution in [0.2, 0.25) is 0 Å². The number of carbonyl (C=O) groups excluding carboxylic acids is 1. The standard InChI is InChI=1S/C17H16N4O2/c1-11-5-6-13(8-12(11)2)15-9-16(20-19-15)17(22)21-18-10-14-4-3-7-23-14/h3-10H,1-2H3,(H,19,20)(H,21,22). The van der Waals surface area contributed by atoms with Crippen LogP contribution >= 0.6 is 0 Å². The zero-order valence-corrected chi connectivity index (χ0v) is 12.8. The number of hydrogen-bond acceptors (Lipinski definition) is 4. The maximum Gasteiger partial charge on any atom is 0.289 e. The van der Waals surface area contributed by atoms with Crippen LogP contribution in [0.5, 0.6) is 0 Å². The molecule has 0 fully saturated rings. The first-order valence-corrected chi connectivity index (χ1v) is 7.13. The fourth-order valence-corrected chi connectivity index (χ4v) is 2.07. The topological polar surface area (TPSA) is 83.3 Å². The Labute approximate surface area is 133 Å². The minimum atomic E-state index is -0.365. The third kappa shape index (κ3) is 3.37. The zero-order valence-electron chi connectivity index (χ0n) is 12.8. The molecule has 3 aromatic rings. The maximum atomic E-state index is 12.0. The normalized spacial score (nSPS) is 11.0. The minimum Gasteiger partial charge on any atom is -0.463 e. The van der Waals surface area contributed by atoms with Gasteiger partial charge in [-0.3, -0.25) is 9.89 Å². The predicted molar refractivity (Wildman–Crippen MR) is 87.3 cm³/mol. The van der Waals surface area contributed by atoms with Crippen LogP contribution in [0.1, 0.15) is 27.4 Å². The zero-order chi connectivity index (χ0) is 16.2. The minimum absolute atomic E-state index is 0.342. The molecule has 0 aliphatic heterocycles. The molecule has 0 unspecified atom stereocenters.